The van der Waals surface area contributed by atoms with Gasteiger partial charge in [-0.3, -0.25) is 14.2 Å². The lowest BCUT2D eigenvalue weighted by Gasteiger charge is -2.24. The number of hydrogen-bond donors (Lipinski definition) is 1. The van der Waals surface area contributed by atoms with Crippen molar-refractivity contribution in [3.05, 3.63) is 135 Å². The van der Waals surface area contributed by atoms with E-state index >= 15 is 0 Å². The molecule has 3 aromatic carbocycles. The number of nitrogens with one attached hydrogen (secondary N) is 1. The fraction of sp³-hybridized carbons (Fsp3) is 0.152. The molecular weight excluding hydrogens is 533 g/mol. The molecule has 6 aromatic rings. The number of para-hydroxylation sites is 1. The first-order valence-corrected chi connectivity index (χ1v) is 13.6. The first kappa shape index (κ1) is 26.9. The van der Waals surface area contributed by atoms with Crippen LogP contribution in [0.5, 0.6) is 5.75 Å². The number of fused-ring (bicyclic) bond motifs is 2. The van der Waals surface area contributed by atoms with Crippen molar-refractivity contribution < 1.29 is 9.13 Å². The molecule has 42 heavy (non-hydrogen) atoms. The largest absolute Gasteiger partial charge is 0.497 e. The zero-order chi connectivity index (χ0) is 29.2. The molecule has 210 valence electrons. The summed E-state index contributed by atoms with van der Waals surface area (Å²) in [7, 11) is 1.62. The molecule has 3 aromatic heterocycles. The molecule has 3 heterocycles. The molecule has 1 unspecified atom stereocenters. The number of hydrogen-bond acceptors (Lipinski definition) is 6. The molecule has 0 spiro atoms. The second kappa shape index (κ2) is 11.3. The van der Waals surface area contributed by atoms with Crippen molar-refractivity contribution in [3.8, 4) is 11.4 Å². The highest BCUT2D eigenvalue weighted by Gasteiger charge is 2.22. The Balaban J connectivity index is 1.47. The minimum absolute atomic E-state index is 0.0221. The van der Waals surface area contributed by atoms with Gasteiger partial charge in [0.1, 0.15) is 34.7 Å². The molecule has 8 nitrogen and oxygen atoms in total. The number of benzene rings is 3. The second-order valence-electron chi connectivity index (χ2n) is 9.93. The van der Waals surface area contributed by atoms with Crippen molar-refractivity contribution in [2.45, 2.75) is 25.9 Å². The third kappa shape index (κ3) is 4.89. The number of halogens is 1. The third-order valence-corrected chi connectivity index (χ3v) is 7.38. The predicted molar refractivity (Wildman–Crippen MR) is 162 cm³/mol. The van der Waals surface area contributed by atoms with Gasteiger partial charge >= 0.3 is 0 Å². The molecule has 0 fully saturated rings. The summed E-state index contributed by atoms with van der Waals surface area (Å²) in [6.07, 6.45) is 3.68. The molecule has 0 saturated heterocycles. The van der Waals surface area contributed by atoms with Gasteiger partial charge in [-0.15, -0.1) is 0 Å². The van der Waals surface area contributed by atoms with E-state index in [1.807, 2.05) is 72.2 Å². The van der Waals surface area contributed by atoms with Gasteiger partial charge in [0.2, 0.25) is 0 Å². The summed E-state index contributed by atoms with van der Waals surface area (Å²) in [4.78, 5) is 35.9. The summed E-state index contributed by atoms with van der Waals surface area (Å²) in [6.45, 7) is 2.46. The van der Waals surface area contributed by atoms with Gasteiger partial charge in [0.25, 0.3) is 5.56 Å². The summed E-state index contributed by atoms with van der Waals surface area (Å²) in [5.74, 6) is 0.537. The van der Waals surface area contributed by atoms with E-state index in [1.54, 1.807) is 25.4 Å². The quantitative estimate of drug-likeness (QED) is 0.251. The van der Waals surface area contributed by atoms with Crippen molar-refractivity contribution in [3.63, 3.8) is 0 Å². The maximum atomic E-state index is 14.9. The Morgan fingerprint density at radius 1 is 0.929 bits per heavy atom. The van der Waals surface area contributed by atoms with Crippen molar-refractivity contribution in [2.24, 2.45) is 0 Å². The maximum Gasteiger partial charge on any atom is 0.266 e. The number of pyridine rings is 2. The molecule has 0 amide bonds. The van der Waals surface area contributed by atoms with Gasteiger partial charge in [0.15, 0.2) is 5.43 Å². The standard InChI is InChI=1S/C33H28FN5O3/c1-3-26(27-18-22-8-7-11-25(34)29(22)33(41)39(27)23-9-5-4-6-10-23)37-31-30-28(40)16-17-38(32(30)36-20-35-31)19-21-12-14-24(42-2)15-13-21/h4-18,20,26H,3,19H2,1-2H3,(H,35,36,37). The SMILES string of the molecule is CCC(Nc1ncnc2c1c(=O)ccn2Cc1ccc(OC)cc1)c1cc2cccc(F)c2c(=O)n1-c1ccccc1. The Bertz CT molecular complexity index is 2020. The Morgan fingerprint density at radius 3 is 2.45 bits per heavy atom. The molecule has 0 aliphatic carbocycles. The molecule has 1 atom stereocenters. The van der Waals surface area contributed by atoms with Crippen LogP contribution in [0.15, 0.2) is 107 Å². The lowest BCUT2D eigenvalue weighted by atomic mass is 10.0. The van der Waals surface area contributed by atoms with Gasteiger partial charge in [-0.05, 0) is 53.8 Å². The zero-order valence-electron chi connectivity index (χ0n) is 23.1. The van der Waals surface area contributed by atoms with Crippen LogP contribution < -0.4 is 21.0 Å². The van der Waals surface area contributed by atoms with Crippen molar-refractivity contribution in [1.82, 2.24) is 19.1 Å². The number of nitrogens with zero attached hydrogens (tertiary/aromatic N) is 4. The van der Waals surface area contributed by atoms with Crippen LogP contribution in [0.1, 0.15) is 30.6 Å². The number of ether oxygens (including phenoxy) is 1. The summed E-state index contributed by atoms with van der Waals surface area (Å²) in [6, 6.07) is 24.3. The smallest absolute Gasteiger partial charge is 0.266 e. The molecule has 1 N–H and O–H groups in total. The van der Waals surface area contributed by atoms with E-state index in [9.17, 15) is 14.0 Å². The van der Waals surface area contributed by atoms with Gasteiger partial charge in [0.05, 0.1) is 18.5 Å². The minimum Gasteiger partial charge on any atom is -0.497 e. The van der Waals surface area contributed by atoms with Crippen LogP contribution in [-0.2, 0) is 6.54 Å². The fourth-order valence-electron chi connectivity index (χ4n) is 5.29. The van der Waals surface area contributed by atoms with Crippen LogP contribution in [0.25, 0.3) is 27.5 Å². The average Bonchev–Trinajstić information content (AvgIpc) is 3.02. The van der Waals surface area contributed by atoms with Gasteiger partial charge < -0.3 is 14.6 Å². The second-order valence-corrected chi connectivity index (χ2v) is 9.93. The molecule has 9 heteroatoms. The predicted octanol–water partition coefficient (Wildman–Crippen LogP) is 5.85. The molecule has 0 aliphatic heterocycles. The summed E-state index contributed by atoms with van der Waals surface area (Å²) >= 11 is 0. The normalized spacial score (nSPS) is 12.0. The first-order chi connectivity index (χ1) is 20.5. The first-order valence-electron chi connectivity index (χ1n) is 13.6. The van der Waals surface area contributed by atoms with Crippen molar-refractivity contribution in [1.29, 1.82) is 0 Å². The summed E-state index contributed by atoms with van der Waals surface area (Å²) in [5.41, 5.74) is 2.03. The molecule has 0 radical (unpaired) electrons. The highest BCUT2D eigenvalue weighted by atomic mass is 19.1. The number of rotatable bonds is 8. The highest BCUT2D eigenvalue weighted by Crippen LogP contribution is 2.28. The van der Waals surface area contributed by atoms with Crippen molar-refractivity contribution >= 4 is 27.6 Å². The van der Waals surface area contributed by atoms with Crippen LogP contribution in [-0.4, -0.2) is 26.2 Å². The van der Waals surface area contributed by atoms with Crippen LogP contribution in [0.3, 0.4) is 0 Å². The minimum atomic E-state index is -0.575. The maximum absolute atomic E-state index is 14.9. The molecule has 0 bridgehead atoms. The van der Waals surface area contributed by atoms with Crippen LogP contribution in [0.4, 0.5) is 10.2 Å². The molecular formula is C33H28FN5O3. The van der Waals surface area contributed by atoms with Crippen LogP contribution in [0, 0.1) is 5.82 Å². The molecule has 0 saturated carbocycles. The van der Waals surface area contributed by atoms with Gasteiger partial charge in [0, 0.05) is 30.2 Å². The Labute approximate surface area is 240 Å². The van der Waals surface area contributed by atoms with E-state index in [-0.39, 0.29) is 10.8 Å². The van der Waals surface area contributed by atoms with E-state index in [0.717, 1.165) is 11.3 Å². The van der Waals surface area contributed by atoms with E-state index in [2.05, 4.69) is 15.3 Å². The average molecular weight is 562 g/mol. The van der Waals surface area contributed by atoms with Gasteiger partial charge in [-0.1, -0.05) is 49.4 Å². The Hall–Kier alpha value is -5.31. The Morgan fingerprint density at radius 2 is 1.71 bits per heavy atom. The van der Waals surface area contributed by atoms with E-state index in [1.165, 1.54) is 23.0 Å². The number of anilines is 1. The number of aromatic nitrogens is 4. The lowest BCUT2D eigenvalue weighted by Crippen LogP contribution is -2.27. The zero-order valence-corrected chi connectivity index (χ0v) is 23.1. The van der Waals surface area contributed by atoms with Crippen LogP contribution in [0.2, 0.25) is 0 Å². The lowest BCUT2D eigenvalue weighted by molar-refractivity contribution is 0.414. The summed E-state index contributed by atoms with van der Waals surface area (Å²) < 4.78 is 23.5. The summed E-state index contributed by atoms with van der Waals surface area (Å²) in [5, 5.41) is 4.28. The monoisotopic (exact) mass is 561 g/mol. The highest BCUT2D eigenvalue weighted by molar-refractivity contribution is 5.87. The molecule has 6 rings (SSSR count). The van der Waals surface area contributed by atoms with E-state index in [0.29, 0.717) is 46.6 Å². The van der Waals surface area contributed by atoms with E-state index < -0.39 is 17.4 Å². The fourth-order valence-corrected chi connectivity index (χ4v) is 5.29. The molecule has 0 aliphatic rings. The van der Waals surface area contributed by atoms with Crippen LogP contribution >= 0.6 is 0 Å². The van der Waals surface area contributed by atoms with E-state index in [4.69, 9.17) is 4.74 Å². The van der Waals surface area contributed by atoms with Crippen molar-refractivity contribution in [2.75, 3.05) is 12.4 Å². The van der Waals surface area contributed by atoms with Gasteiger partial charge in [-0.2, -0.15) is 0 Å². The Kier molecular flexibility index (Phi) is 7.23. The number of methoxy groups -OCH3 is 1. The van der Waals surface area contributed by atoms with Gasteiger partial charge in [-0.25, -0.2) is 14.4 Å². The third-order valence-electron chi connectivity index (χ3n) is 7.38. The topological polar surface area (TPSA) is 91.0 Å².